The number of nitrogens with two attached hydrogens (primary N) is 1. The van der Waals surface area contributed by atoms with E-state index in [0.29, 0.717) is 10.6 Å². The summed E-state index contributed by atoms with van der Waals surface area (Å²) in [5.74, 6) is 0. The molecule has 0 aliphatic carbocycles. The third-order valence-electron chi connectivity index (χ3n) is 2.26. The van der Waals surface area contributed by atoms with E-state index in [2.05, 4.69) is 0 Å². The first kappa shape index (κ1) is 10.5. The normalized spacial score (nSPS) is 17.9. The Labute approximate surface area is 82.7 Å². The summed E-state index contributed by atoms with van der Waals surface area (Å²) in [6.45, 7) is 3.12. The highest BCUT2D eigenvalue weighted by molar-refractivity contribution is 6.30. The first-order chi connectivity index (χ1) is 5.94. The lowest BCUT2D eigenvalue weighted by Crippen LogP contribution is -2.36. The van der Waals surface area contributed by atoms with Gasteiger partial charge in [0.25, 0.3) is 0 Å². The van der Waals surface area contributed by atoms with Gasteiger partial charge in [0.2, 0.25) is 0 Å². The molecule has 0 aliphatic heterocycles. The predicted molar refractivity (Wildman–Crippen MR) is 53.6 cm³/mol. The van der Waals surface area contributed by atoms with Crippen LogP contribution in [-0.4, -0.2) is 6.04 Å². The zero-order chi connectivity index (χ0) is 10.1. The Kier molecular flexibility index (Phi) is 2.94. The van der Waals surface area contributed by atoms with Crippen LogP contribution < -0.4 is 5.73 Å². The minimum atomic E-state index is -1.50. The van der Waals surface area contributed by atoms with Crippen molar-refractivity contribution in [3.8, 4) is 0 Å². The molecule has 0 radical (unpaired) electrons. The van der Waals surface area contributed by atoms with Crippen LogP contribution in [0.3, 0.4) is 0 Å². The lowest BCUT2D eigenvalue weighted by atomic mass is 9.92. The van der Waals surface area contributed by atoms with E-state index >= 15 is 0 Å². The van der Waals surface area contributed by atoms with E-state index in [1.165, 1.54) is 6.92 Å². The Morgan fingerprint density at radius 2 is 1.85 bits per heavy atom. The molecule has 0 amide bonds. The molecule has 13 heavy (non-hydrogen) atoms. The number of hydrogen-bond donors (Lipinski definition) is 1. The molecule has 1 aromatic rings. The van der Waals surface area contributed by atoms with Crippen molar-refractivity contribution in [1.29, 1.82) is 0 Å². The zero-order valence-electron chi connectivity index (χ0n) is 7.72. The van der Waals surface area contributed by atoms with E-state index in [-0.39, 0.29) is 0 Å². The maximum Gasteiger partial charge on any atom is 0.147 e. The molecule has 72 valence electrons. The molecule has 2 atom stereocenters. The molecule has 0 aliphatic rings. The molecular weight excluding hydrogens is 189 g/mol. The molecule has 1 nitrogen and oxygen atoms in total. The fraction of sp³-hybridized carbons (Fsp3) is 0.400. The third kappa shape index (κ3) is 2.20. The van der Waals surface area contributed by atoms with Gasteiger partial charge in [-0.25, -0.2) is 4.39 Å². The quantitative estimate of drug-likeness (QED) is 0.783. The number of benzene rings is 1. The summed E-state index contributed by atoms with van der Waals surface area (Å²) >= 11 is 5.69. The number of rotatable bonds is 2. The maximum atomic E-state index is 13.9. The first-order valence-electron chi connectivity index (χ1n) is 4.15. The fourth-order valence-electron chi connectivity index (χ4n) is 1.04. The average molecular weight is 202 g/mol. The molecule has 0 saturated heterocycles. The second-order valence-electron chi connectivity index (χ2n) is 3.37. The standard InChI is InChI=1S/C10H13ClFN/c1-7(13)10(2,12)8-3-5-9(11)6-4-8/h3-7H,13H2,1-2H3. The molecule has 0 fully saturated rings. The van der Waals surface area contributed by atoms with Gasteiger partial charge in [0.1, 0.15) is 5.67 Å². The first-order valence-corrected chi connectivity index (χ1v) is 4.53. The van der Waals surface area contributed by atoms with E-state index in [1.807, 2.05) is 0 Å². The van der Waals surface area contributed by atoms with Crippen molar-refractivity contribution in [3.63, 3.8) is 0 Å². The average Bonchev–Trinajstić information content (AvgIpc) is 2.04. The molecule has 0 bridgehead atoms. The van der Waals surface area contributed by atoms with Crippen molar-refractivity contribution in [2.24, 2.45) is 5.73 Å². The third-order valence-corrected chi connectivity index (χ3v) is 2.52. The monoisotopic (exact) mass is 201 g/mol. The number of hydrogen-bond acceptors (Lipinski definition) is 1. The predicted octanol–water partition coefficient (Wildman–Crippen LogP) is 2.87. The van der Waals surface area contributed by atoms with E-state index in [9.17, 15) is 4.39 Å². The SMILES string of the molecule is CC(N)C(C)(F)c1ccc(Cl)cc1. The summed E-state index contributed by atoms with van der Waals surface area (Å²) in [4.78, 5) is 0. The van der Waals surface area contributed by atoms with E-state index in [4.69, 9.17) is 17.3 Å². The minimum Gasteiger partial charge on any atom is -0.325 e. The van der Waals surface area contributed by atoms with Crippen LogP contribution in [0.5, 0.6) is 0 Å². The van der Waals surface area contributed by atoms with E-state index in [1.54, 1.807) is 31.2 Å². The van der Waals surface area contributed by atoms with Crippen molar-refractivity contribution >= 4 is 11.6 Å². The largest absolute Gasteiger partial charge is 0.325 e. The molecule has 0 heterocycles. The van der Waals surface area contributed by atoms with E-state index in [0.717, 1.165) is 0 Å². The maximum absolute atomic E-state index is 13.9. The molecule has 0 saturated carbocycles. The second kappa shape index (κ2) is 3.64. The van der Waals surface area contributed by atoms with Crippen LogP contribution in [0.2, 0.25) is 5.02 Å². The highest BCUT2D eigenvalue weighted by Gasteiger charge is 2.30. The molecule has 2 N–H and O–H groups in total. The van der Waals surface area contributed by atoms with Crippen LogP contribution in [0, 0.1) is 0 Å². The van der Waals surface area contributed by atoms with Gasteiger partial charge in [0, 0.05) is 11.1 Å². The smallest absolute Gasteiger partial charge is 0.147 e. The van der Waals surface area contributed by atoms with Crippen LogP contribution in [0.1, 0.15) is 19.4 Å². The highest BCUT2D eigenvalue weighted by atomic mass is 35.5. The minimum absolute atomic E-state index is 0.534. The number of alkyl halides is 1. The van der Waals surface area contributed by atoms with Crippen LogP contribution in [0.25, 0.3) is 0 Å². The summed E-state index contributed by atoms with van der Waals surface area (Å²) in [7, 11) is 0. The van der Waals surface area contributed by atoms with Gasteiger partial charge >= 0.3 is 0 Å². The second-order valence-corrected chi connectivity index (χ2v) is 3.81. The van der Waals surface area contributed by atoms with Crippen molar-refractivity contribution < 1.29 is 4.39 Å². The molecule has 3 heteroatoms. The Hall–Kier alpha value is -0.600. The Morgan fingerprint density at radius 1 is 1.38 bits per heavy atom. The summed E-state index contributed by atoms with van der Waals surface area (Å²) in [6.07, 6.45) is 0. The Balaban J connectivity index is 3.01. The zero-order valence-corrected chi connectivity index (χ0v) is 8.48. The van der Waals surface area contributed by atoms with Gasteiger partial charge in [0.05, 0.1) is 0 Å². The number of halogens is 2. The molecule has 1 aromatic carbocycles. The van der Waals surface area contributed by atoms with Crippen LogP contribution >= 0.6 is 11.6 Å². The van der Waals surface area contributed by atoms with Crippen LogP contribution in [0.4, 0.5) is 4.39 Å². The lowest BCUT2D eigenvalue weighted by molar-refractivity contribution is 0.158. The van der Waals surface area contributed by atoms with Gasteiger partial charge < -0.3 is 5.73 Å². The fourth-order valence-corrected chi connectivity index (χ4v) is 1.16. The van der Waals surface area contributed by atoms with Gasteiger partial charge in [-0.1, -0.05) is 23.7 Å². The summed E-state index contributed by atoms with van der Waals surface area (Å²) in [5.41, 5.74) is 4.60. The van der Waals surface area contributed by atoms with Crippen LogP contribution in [0.15, 0.2) is 24.3 Å². The molecule has 0 spiro atoms. The molecule has 1 rings (SSSR count). The molecule has 0 aromatic heterocycles. The van der Waals surface area contributed by atoms with Gasteiger partial charge in [-0.15, -0.1) is 0 Å². The Morgan fingerprint density at radius 3 is 2.23 bits per heavy atom. The molecular formula is C10H13ClFN. The van der Waals surface area contributed by atoms with Gasteiger partial charge in [0.15, 0.2) is 0 Å². The Bertz CT molecular complexity index is 279. The summed E-state index contributed by atoms with van der Waals surface area (Å²) in [5, 5.41) is 0.601. The summed E-state index contributed by atoms with van der Waals surface area (Å²) < 4.78 is 13.9. The lowest BCUT2D eigenvalue weighted by Gasteiger charge is -2.24. The topological polar surface area (TPSA) is 26.0 Å². The van der Waals surface area contributed by atoms with Crippen LogP contribution in [-0.2, 0) is 5.67 Å². The van der Waals surface area contributed by atoms with Crippen molar-refractivity contribution in [1.82, 2.24) is 0 Å². The van der Waals surface area contributed by atoms with Gasteiger partial charge in [-0.05, 0) is 31.5 Å². The van der Waals surface area contributed by atoms with Crippen molar-refractivity contribution in [2.45, 2.75) is 25.6 Å². The highest BCUT2D eigenvalue weighted by Crippen LogP contribution is 2.28. The van der Waals surface area contributed by atoms with Gasteiger partial charge in [-0.3, -0.25) is 0 Å². The summed E-state index contributed by atoms with van der Waals surface area (Å²) in [6, 6.07) is 6.11. The molecule has 2 unspecified atom stereocenters. The van der Waals surface area contributed by atoms with Gasteiger partial charge in [-0.2, -0.15) is 0 Å². The van der Waals surface area contributed by atoms with E-state index < -0.39 is 11.7 Å². The van der Waals surface area contributed by atoms with Crippen molar-refractivity contribution in [2.75, 3.05) is 0 Å². The van der Waals surface area contributed by atoms with Crippen molar-refractivity contribution in [3.05, 3.63) is 34.9 Å².